The number of hydrazine groups is 1. The van der Waals surface area contributed by atoms with Gasteiger partial charge in [-0.1, -0.05) is 19.3 Å². The van der Waals surface area contributed by atoms with Gasteiger partial charge in [-0.05, 0) is 39.4 Å². The summed E-state index contributed by atoms with van der Waals surface area (Å²) < 4.78 is 0. The van der Waals surface area contributed by atoms with Crippen molar-refractivity contribution in [3.8, 4) is 0 Å². The number of hydrogen-bond donors (Lipinski definition) is 3. The molecule has 0 amide bonds. The van der Waals surface area contributed by atoms with Crippen LogP contribution in [0.25, 0.3) is 0 Å². The van der Waals surface area contributed by atoms with Crippen LogP contribution < -0.4 is 17.0 Å². The molecule has 102 valence electrons. The van der Waals surface area contributed by atoms with Crippen molar-refractivity contribution in [1.29, 1.82) is 0 Å². The first-order valence-electron chi connectivity index (χ1n) is 6.42. The average molecular weight is 244 g/mol. The van der Waals surface area contributed by atoms with Crippen LogP contribution in [0.3, 0.4) is 0 Å². The molecule has 0 fully saturated rings. The molecular weight excluding hydrogens is 216 g/mol. The zero-order chi connectivity index (χ0) is 13.1. The molecule has 5 N–H and O–H groups in total. The van der Waals surface area contributed by atoms with E-state index in [1.807, 2.05) is 14.1 Å². The zero-order valence-electron chi connectivity index (χ0n) is 11.2. The Labute approximate surface area is 105 Å². The number of rotatable bonds is 11. The summed E-state index contributed by atoms with van der Waals surface area (Å²) in [6.07, 6.45) is 6.50. The minimum Gasteiger partial charge on any atom is -0.330 e. The molecule has 0 rings (SSSR count). The first kappa shape index (κ1) is 16.5. The summed E-state index contributed by atoms with van der Waals surface area (Å²) in [5.41, 5.74) is 8.04. The van der Waals surface area contributed by atoms with Crippen molar-refractivity contribution < 1.29 is 4.79 Å². The van der Waals surface area contributed by atoms with Crippen molar-refractivity contribution >= 4 is 6.29 Å². The van der Waals surface area contributed by atoms with Crippen LogP contribution in [-0.2, 0) is 4.79 Å². The number of nitrogens with two attached hydrogens (primary N) is 2. The van der Waals surface area contributed by atoms with Crippen molar-refractivity contribution in [2.75, 3.05) is 27.2 Å². The van der Waals surface area contributed by atoms with Gasteiger partial charge in [0.1, 0.15) is 6.29 Å². The van der Waals surface area contributed by atoms with Crippen LogP contribution in [0.2, 0.25) is 0 Å². The predicted molar refractivity (Wildman–Crippen MR) is 71.4 cm³/mol. The Bertz CT molecular complexity index is 187. The Kier molecular flexibility index (Phi) is 10.3. The molecule has 0 aromatic carbocycles. The summed E-state index contributed by atoms with van der Waals surface area (Å²) in [6.45, 7) is 1.65. The number of carbonyl (C=O) groups excluding carboxylic acids is 1. The van der Waals surface area contributed by atoms with Gasteiger partial charge >= 0.3 is 0 Å². The highest BCUT2D eigenvalue weighted by atomic mass is 16.1. The lowest BCUT2D eigenvalue weighted by atomic mass is 9.93. The highest BCUT2D eigenvalue weighted by Gasteiger charge is 2.19. The predicted octanol–water partition coefficient (Wildman–Crippen LogP) is 0.104. The molecule has 2 atom stereocenters. The van der Waals surface area contributed by atoms with Gasteiger partial charge in [-0.15, -0.1) is 0 Å². The van der Waals surface area contributed by atoms with Gasteiger partial charge in [0.05, 0.1) is 6.04 Å². The third kappa shape index (κ3) is 8.26. The van der Waals surface area contributed by atoms with E-state index >= 15 is 0 Å². The SMILES string of the molecule is CN(C)CC(CCCCCCN)C(C=O)NN. The third-order valence-corrected chi connectivity index (χ3v) is 2.98. The van der Waals surface area contributed by atoms with Crippen LogP contribution in [0, 0.1) is 5.92 Å². The van der Waals surface area contributed by atoms with Crippen LogP contribution in [-0.4, -0.2) is 44.4 Å². The lowest BCUT2D eigenvalue weighted by molar-refractivity contribution is -0.110. The van der Waals surface area contributed by atoms with Crippen molar-refractivity contribution in [2.24, 2.45) is 17.5 Å². The van der Waals surface area contributed by atoms with Gasteiger partial charge < -0.3 is 15.4 Å². The van der Waals surface area contributed by atoms with E-state index in [0.717, 1.165) is 38.6 Å². The van der Waals surface area contributed by atoms with E-state index in [-0.39, 0.29) is 12.0 Å². The maximum absolute atomic E-state index is 10.9. The van der Waals surface area contributed by atoms with E-state index < -0.39 is 0 Å². The van der Waals surface area contributed by atoms with Gasteiger partial charge in [0.2, 0.25) is 0 Å². The highest BCUT2D eigenvalue weighted by Crippen LogP contribution is 2.14. The van der Waals surface area contributed by atoms with E-state index in [4.69, 9.17) is 11.6 Å². The lowest BCUT2D eigenvalue weighted by Crippen LogP contribution is -2.45. The summed E-state index contributed by atoms with van der Waals surface area (Å²) in [6, 6.07) is -0.244. The molecule has 0 saturated heterocycles. The Morgan fingerprint density at radius 3 is 2.35 bits per heavy atom. The van der Waals surface area contributed by atoms with Crippen molar-refractivity contribution in [3.05, 3.63) is 0 Å². The minimum absolute atomic E-state index is 0.244. The summed E-state index contributed by atoms with van der Waals surface area (Å²) >= 11 is 0. The second-order valence-electron chi connectivity index (χ2n) is 4.84. The van der Waals surface area contributed by atoms with E-state index in [0.29, 0.717) is 0 Å². The standard InChI is InChI=1S/C12H28N4O/c1-16(2)9-11(12(10-17)15-14)7-5-3-4-6-8-13/h10-12,15H,3-9,13-14H2,1-2H3. The van der Waals surface area contributed by atoms with Crippen molar-refractivity contribution in [2.45, 2.75) is 38.1 Å². The molecule has 0 aromatic heterocycles. The van der Waals surface area contributed by atoms with Gasteiger partial charge in [0.25, 0.3) is 0 Å². The van der Waals surface area contributed by atoms with Gasteiger partial charge in [-0.3, -0.25) is 5.84 Å². The number of hydrogen-bond acceptors (Lipinski definition) is 5. The van der Waals surface area contributed by atoms with Gasteiger partial charge in [-0.2, -0.15) is 0 Å². The minimum atomic E-state index is -0.244. The van der Waals surface area contributed by atoms with Crippen molar-refractivity contribution in [1.82, 2.24) is 10.3 Å². The molecular formula is C12H28N4O. The summed E-state index contributed by atoms with van der Waals surface area (Å²) in [5, 5.41) is 0. The molecule has 0 aliphatic rings. The maximum atomic E-state index is 10.9. The van der Waals surface area contributed by atoms with E-state index in [1.165, 1.54) is 12.8 Å². The summed E-state index contributed by atoms with van der Waals surface area (Å²) in [4.78, 5) is 13.0. The molecule has 5 nitrogen and oxygen atoms in total. The Hall–Kier alpha value is -0.490. The summed E-state index contributed by atoms with van der Waals surface area (Å²) in [7, 11) is 4.03. The molecule has 2 unspecified atom stereocenters. The Morgan fingerprint density at radius 1 is 1.24 bits per heavy atom. The molecule has 0 aliphatic heterocycles. The Balaban J connectivity index is 3.96. The van der Waals surface area contributed by atoms with E-state index in [2.05, 4.69) is 10.3 Å². The number of unbranched alkanes of at least 4 members (excludes halogenated alkanes) is 3. The number of aldehydes is 1. The number of nitrogens with one attached hydrogen (secondary N) is 1. The van der Waals surface area contributed by atoms with E-state index in [1.54, 1.807) is 0 Å². The molecule has 0 aromatic rings. The molecule has 0 aliphatic carbocycles. The van der Waals surface area contributed by atoms with E-state index in [9.17, 15) is 4.79 Å². The van der Waals surface area contributed by atoms with Crippen LogP contribution in [0.4, 0.5) is 0 Å². The smallest absolute Gasteiger partial charge is 0.138 e. The van der Waals surface area contributed by atoms with Crippen LogP contribution in [0.15, 0.2) is 0 Å². The van der Waals surface area contributed by atoms with Gasteiger partial charge in [-0.25, -0.2) is 5.43 Å². The zero-order valence-corrected chi connectivity index (χ0v) is 11.2. The van der Waals surface area contributed by atoms with Gasteiger partial charge in [0, 0.05) is 6.54 Å². The fraction of sp³-hybridized carbons (Fsp3) is 0.917. The molecule has 5 heteroatoms. The molecule has 17 heavy (non-hydrogen) atoms. The monoisotopic (exact) mass is 244 g/mol. The quantitative estimate of drug-likeness (QED) is 0.208. The topological polar surface area (TPSA) is 84.4 Å². The lowest BCUT2D eigenvalue weighted by Gasteiger charge is -2.25. The molecule has 0 bridgehead atoms. The van der Waals surface area contributed by atoms with Crippen LogP contribution >= 0.6 is 0 Å². The average Bonchev–Trinajstić information content (AvgIpc) is 2.29. The van der Waals surface area contributed by atoms with Gasteiger partial charge in [0.15, 0.2) is 0 Å². The second kappa shape index (κ2) is 10.7. The molecule has 0 radical (unpaired) electrons. The second-order valence-corrected chi connectivity index (χ2v) is 4.84. The fourth-order valence-electron chi connectivity index (χ4n) is 2.04. The first-order chi connectivity index (χ1) is 8.15. The highest BCUT2D eigenvalue weighted by molar-refractivity contribution is 5.58. The number of carbonyl (C=O) groups is 1. The maximum Gasteiger partial charge on any atom is 0.138 e. The number of nitrogens with zero attached hydrogens (tertiary/aromatic N) is 1. The fourth-order valence-corrected chi connectivity index (χ4v) is 2.04. The molecule has 0 heterocycles. The largest absolute Gasteiger partial charge is 0.330 e. The third-order valence-electron chi connectivity index (χ3n) is 2.98. The van der Waals surface area contributed by atoms with Crippen molar-refractivity contribution in [3.63, 3.8) is 0 Å². The van der Waals surface area contributed by atoms with Crippen LogP contribution in [0.5, 0.6) is 0 Å². The Morgan fingerprint density at radius 2 is 1.88 bits per heavy atom. The molecule has 0 spiro atoms. The normalized spacial score (nSPS) is 14.9. The van der Waals surface area contributed by atoms with Crippen LogP contribution in [0.1, 0.15) is 32.1 Å². The first-order valence-corrected chi connectivity index (χ1v) is 6.42. The summed E-state index contributed by atoms with van der Waals surface area (Å²) in [5.74, 6) is 5.68. The molecule has 0 saturated carbocycles.